The molecule has 4 heterocycles. The van der Waals surface area contributed by atoms with Crippen molar-refractivity contribution in [3.8, 4) is 45.3 Å². The smallest absolute Gasteiger partial charge is 0.151 e. The van der Waals surface area contributed by atoms with Crippen LogP contribution in [0.25, 0.3) is 66.0 Å². The van der Waals surface area contributed by atoms with E-state index in [9.17, 15) is 0 Å². The van der Waals surface area contributed by atoms with E-state index in [0.29, 0.717) is 0 Å². The molecule has 0 N–H and O–H groups in total. The summed E-state index contributed by atoms with van der Waals surface area (Å²) in [6.07, 6.45) is 0. The van der Waals surface area contributed by atoms with Gasteiger partial charge in [0.05, 0.1) is 39.2 Å². The molecule has 6 heteroatoms. The maximum absolute atomic E-state index is 6.83. The lowest BCUT2D eigenvalue weighted by molar-refractivity contribution is 0.477. The summed E-state index contributed by atoms with van der Waals surface area (Å²) in [5.41, 5.74) is 14.6. The molecular weight excluding hydrogens is 751 g/mol. The number of hydrogen-bond donors (Lipinski definition) is 0. The highest BCUT2D eigenvalue weighted by molar-refractivity contribution is 6.28. The molecule has 61 heavy (non-hydrogen) atoms. The second-order valence-electron chi connectivity index (χ2n) is 15.7. The van der Waals surface area contributed by atoms with Crippen LogP contribution in [0.3, 0.4) is 0 Å². The number of nitrogens with zero attached hydrogens (tertiary/aromatic N) is 3. The number of benzene rings is 9. The molecule has 6 nitrogen and oxygen atoms in total. The monoisotopic (exact) mass is 785 g/mol. The number of hydrogen-bond acceptors (Lipinski definition) is 5. The van der Waals surface area contributed by atoms with Crippen LogP contribution in [-0.4, -0.2) is 4.57 Å². The lowest BCUT2D eigenvalue weighted by Gasteiger charge is -2.33. The molecule has 9 aromatic carbocycles. The Balaban J connectivity index is 1.04. The van der Waals surface area contributed by atoms with Crippen LogP contribution in [0.5, 0.6) is 23.0 Å². The molecule has 0 bridgehead atoms. The summed E-state index contributed by atoms with van der Waals surface area (Å²) in [6.45, 7) is 0. The maximum Gasteiger partial charge on any atom is 0.151 e. The fourth-order valence-electron chi connectivity index (χ4n) is 9.71. The summed E-state index contributed by atoms with van der Waals surface area (Å²) in [5, 5.41) is 4.43. The van der Waals surface area contributed by atoms with Gasteiger partial charge in [0.15, 0.2) is 23.0 Å². The van der Waals surface area contributed by atoms with Crippen LogP contribution in [-0.2, 0) is 7.05 Å². The van der Waals surface area contributed by atoms with Crippen LogP contribution >= 0.6 is 0 Å². The van der Waals surface area contributed by atoms with Crippen LogP contribution in [0.2, 0.25) is 0 Å². The third-order valence-corrected chi connectivity index (χ3v) is 12.3. The van der Waals surface area contributed by atoms with Gasteiger partial charge >= 0.3 is 0 Å². The van der Waals surface area contributed by atoms with E-state index < -0.39 is 0 Å². The number of furan rings is 1. The van der Waals surface area contributed by atoms with Gasteiger partial charge in [-0.1, -0.05) is 109 Å². The standard InChI is InChI=1S/C55H35N3O3/c1-56-53-38(34-15-12-17-36(31-34)57-43-22-3-8-27-48(43)59-49-28-9-4-23-44(49)57)20-14-21-40(53)52-54(56)41(33-42-39-19-2-7-26-47(39)61-55(42)52)35-16-13-18-37(32-35)58-45-24-5-10-29-50(45)60-51-30-11-6-25-46(51)58/h2-33H,1H3. The number of ether oxygens (including phenoxy) is 2. The molecule has 0 saturated heterocycles. The predicted octanol–water partition coefficient (Wildman–Crippen LogP) is 15.7. The number of aromatic nitrogens is 1. The second-order valence-corrected chi connectivity index (χ2v) is 15.7. The predicted molar refractivity (Wildman–Crippen MR) is 248 cm³/mol. The highest BCUT2D eigenvalue weighted by Gasteiger charge is 2.29. The van der Waals surface area contributed by atoms with Crippen molar-refractivity contribution in [1.82, 2.24) is 4.57 Å². The molecule has 0 spiro atoms. The zero-order valence-corrected chi connectivity index (χ0v) is 33.0. The molecule has 2 aromatic heterocycles. The van der Waals surface area contributed by atoms with E-state index in [1.54, 1.807) is 0 Å². The topological polar surface area (TPSA) is 43.0 Å². The summed E-state index contributed by atoms with van der Waals surface area (Å²) in [7, 11) is 2.20. The van der Waals surface area contributed by atoms with Gasteiger partial charge < -0.3 is 28.3 Å². The minimum Gasteiger partial charge on any atom is -0.455 e. The Morgan fingerprint density at radius 2 is 0.852 bits per heavy atom. The van der Waals surface area contributed by atoms with Gasteiger partial charge in [0, 0.05) is 45.7 Å². The van der Waals surface area contributed by atoms with Gasteiger partial charge in [-0.3, -0.25) is 0 Å². The molecule has 0 saturated carbocycles. The second kappa shape index (κ2) is 12.9. The van der Waals surface area contributed by atoms with E-state index in [4.69, 9.17) is 13.9 Å². The fraction of sp³-hybridized carbons (Fsp3) is 0.0182. The van der Waals surface area contributed by atoms with Gasteiger partial charge in [0.25, 0.3) is 0 Å². The Kier molecular flexibility index (Phi) is 7.13. The van der Waals surface area contributed by atoms with E-state index in [1.165, 1.54) is 0 Å². The summed E-state index contributed by atoms with van der Waals surface area (Å²) in [6, 6.07) is 68.0. The molecule has 288 valence electrons. The number of para-hydroxylation sites is 10. The minimum absolute atomic E-state index is 0.826. The number of rotatable bonds is 4. The van der Waals surface area contributed by atoms with Gasteiger partial charge in [-0.05, 0) is 96.1 Å². The van der Waals surface area contributed by atoms with Crippen molar-refractivity contribution in [1.29, 1.82) is 0 Å². The van der Waals surface area contributed by atoms with Crippen LogP contribution in [0.15, 0.2) is 199 Å². The summed E-state index contributed by atoms with van der Waals surface area (Å²) < 4.78 is 22.0. The number of aryl methyl sites for hydroxylation is 1. The van der Waals surface area contributed by atoms with Crippen molar-refractivity contribution in [2.75, 3.05) is 9.80 Å². The largest absolute Gasteiger partial charge is 0.455 e. The molecule has 0 fully saturated rings. The van der Waals surface area contributed by atoms with E-state index in [2.05, 4.69) is 161 Å². The van der Waals surface area contributed by atoms with Gasteiger partial charge in [0.1, 0.15) is 11.2 Å². The first kappa shape index (κ1) is 33.7. The summed E-state index contributed by atoms with van der Waals surface area (Å²) >= 11 is 0. The molecule has 13 rings (SSSR count). The van der Waals surface area contributed by atoms with Crippen molar-refractivity contribution in [2.24, 2.45) is 7.05 Å². The Morgan fingerprint density at radius 3 is 1.43 bits per heavy atom. The quantitative estimate of drug-likeness (QED) is 0.178. The Morgan fingerprint density at radius 1 is 0.377 bits per heavy atom. The zero-order chi connectivity index (χ0) is 40.2. The van der Waals surface area contributed by atoms with Gasteiger partial charge in [-0.15, -0.1) is 0 Å². The molecule has 0 radical (unpaired) electrons. The maximum atomic E-state index is 6.83. The van der Waals surface area contributed by atoms with Crippen LogP contribution < -0.4 is 19.3 Å². The lowest BCUT2D eigenvalue weighted by atomic mass is 9.97. The van der Waals surface area contributed by atoms with E-state index in [-0.39, 0.29) is 0 Å². The normalized spacial score (nSPS) is 12.9. The zero-order valence-electron chi connectivity index (χ0n) is 33.0. The molecule has 0 atom stereocenters. The molecule has 11 aromatic rings. The van der Waals surface area contributed by atoms with E-state index >= 15 is 0 Å². The van der Waals surface area contributed by atoms with Crippen molar-refractivity contribution in [3.63, 3.8) is 0 Å². The first-order valence-electron chi connectivity index (χ1n) is 20.6. The molecular formula is C55H35N3O3. The molecule has 0 amide bonds. The van der Waals surface area contributed by atoms with Crippen LogP contribution in [0, 0.1) is 0 Å². The summed E-state index contributed by atoms with van der Waals surface area (Å²) in [4.78, 5) is 4.60. The molecule has 2 aliphatic rings. The average Bonchev–Trinajstić information content (AvgIpc) is 3.84. The minimum atomic E-state index is 0.826. The van der Waals surface area contributed by atoms with Gasteiger partial charge in [-0.25, -0.2) is 0 Å². The van der Waals surface area contributed by atoms with E-state index in [0.717, 1.165) is 123 Å². The lowest BCUT2D eigenvalue weighted by Crippen LogP contribution is -2.15. The highest BCUT2D eigenvalue weighted by atomic mass is 16.5. The number of fused-ring (bicyclic) bond motifs is 11. The number of anilines is 6. The van der Waals surface area contributed by atoms with Gasteiger partial charge in [-0.2, -0.15) is 0 Å². The van der Waals surface area contributed by atoms with Crippen LogP contribution in [0.4, 0.5) is 34.1 Å². The van der Waals surface area contributed by atoms with Crippen molar-refractivity contribution in [3.05, 3.63) is 194 Å². The van der Waals surface area contributed by atoms with Crippen molar-refractivity contribution < 1.29 is 13.9 Å². The average molecular weight is 786 g/mol. The molecule has 0 unspecified atom stereocenters. The van der Waals surface area contributed by atoms with Crippen LogP contribution in [0.1, 0.15) is 0 Å². The van der Waals surface area contributed by atoms with Gasteiger partial charge in [0.2, 0.25) is 0 Å². The highest BCUT2D eigenvalue weighted by Crippen LogP contribution is 2.53. The Labute approximate surface area is 351 Å². The van der Waals surface area contributed by atoms with Crippen molar-refractivity contribution >= 4 is 77.9 Å². The summed E-state index contributed by atoms with van der Waals surface area (Å²) in [5.74, 6) is 3.31. The third kappa shape index (κ3) is 4.96. The molecule has 2 aliphatic heterocycles. The SMILES string of the molecule is Cn1c2c(-c3cccc(N4c5ccccc5Oc5ccccc54)c3)cccc2c2c3oc4ccccc4c3cc(-c3cccc(N4c5ccccc5Oc5ccccc54)c3)c21. The fourth-order valence-corrected chi connectivity index (χ4v) is 9.71. The third-order valence-electron chi connectivity index (χ3n) is 12.3. The van der Waals surface area contributed by atoms with E-state index in [1.807, 2.05) is 54.6 Å². The Hall–Kier alpha value is -8.22. The first-order valence-corrected chi connectivity index (χ1v) is 20.6. The molecule has 0 aliphatic carbocycles. The first-order chi connectivity index (χ1) is 30.2. The van der Waals surface area contributed by atoms with Crippen molar-refractivity contribution in [2.45, 2.75) is 0 Å². The Bertz CT molecular complexity index is 3510.